The lowest BCUT2D eigenvalue weighted by Gasteiger charge is -2.12. The lowest BCUT2D eigenvalue weighted by atomic mass is 10.1. The van der Waals surface area contributed by atoms with Crippen LogP contribution in [0.3, 0.4) is 0 Å². The molecule has 0 rings (SSSR count). The molecule has 0 aromatic heterocycles. The van der Waals surface area contributed by atoms with Crippen LogP contribution < -0.4 is 0 Å². The van der Waals surface area contributed by atoms with Gasteiger partial charge in [-0.3, -0.25) is 0 Å². The average Bonchev–Trinajstić information content (AvgIpc) is 2.00. The molecule has 0 aromatic carbocycles. The van der Waals surface area contributed by atoms with Gasteiger partial charge in [0.1, 0.15) is 6.10 Å². The van der Waals surface area contributed by atoms with Gasteiger partial charge < -0.3 is 20.4 Å². The number of aliphatic hydroxyl groups excluding tert-OH is 4. The lowest BCUT2D eigenvalue weighted by Crippen LogP contribution is -2.29. The van der Waals surface area contributed by atoms with E-state index in [9.17, 15) is 0 Å². The van der Waals surface area contributed by atoms with Crippen molar-refractivity contribution in [1.29, 1.82) is 0 Å². The van der Waals surface area contributed by atoms with Crippen molar-refractivity contribution in [1.82, 2.24) is 0 Å². The summed E-state index contributed by atoms with van der Waals surface area (Å²) in [6.07, 6.45) is -4.58. The van der Waals surface area contributed by atoms with Gasteiger partial charge >= 0.3 is 0 Å². The Morgan fingerprint density at radius 3 is 2.11 bits per heavy atom. The van der Waals surface area contributed by atoms with Crippen LogP contribution in [-0.4, -0.2) is 45.8 Å². The second kappa shape index (κ2) is 4.69. The van der Waals surface area contributed by atoms with Crippen molar-refractivity contribution < 1.29 is 23.2 Å². The summed E-state index contributed by atoms with van der Waals surface area (Å²) in [4.78, 5) is 0. The third-order valence-electron chi connectivity index (χ3n) is 0.865. The highest BCUT2D eigenvalue weighted by molar-refractivity contribution is 4.64. The first kappa shape index (κ1) is 5.61. The molecule has 0 saturated heterocycles. The first-order valence-corrected chi connectivity index (χ1v) is 2.50. The molecular formula is C5H12O4. The van der Waals surface area contributed by atoms with Crippen LogP contribution in [0.15, 0.2) is 0 Å². The van der Waals surface area contributed by atoms with Gasteiger partial charge in [0.05, 0.1) is 14.1 Å². The Bertz CT molecular complexity index is 111. The summed E-state index contributed by atoms with van der Waals surface area (Å²) >= 11 is 0. The highest BCUT2D eigenvalue weighted by atomic mass is 16.4. The maximum Gasteiger partial charge on any atom is 0.103 e. The minimum atomic E-state index is -1.77. The van der Waals surface area contributed by atoms with Gasteiger partial charge in [-0.1, -0.05) is 0 Å². The summed E-state index contributed by atoms with van der Waals surface area (Å²) in [5, 5.41) is 34.4. The van der Waals surface area contributed by atoms with Gasteiger partial charge in [0.25, 0.3) is 0 Å². The van der Waals surface area contributed by atoms with E-state index in [0.717, 1.165) is 0 Å². The molecule has 0 radical (unpaired) electrons. The van der Waals surface area contributed by atoms with Gasteiger partial charge in [-0.15, -0.1) is 0 Å². The summed E-state index contributed by atoms with van der Waals surface area (Å²) < 4.78 is 13.5. The summed E-state index contributed by atoms with van der Waals surface area (Å²) in [5.74, 6) is 0. The largest absolute Gasteiger partial charge is 0.396 e. The molecule has 9 heavy (non-hydrogen) atoms. The van der Waals surface area contributed by atoms with Crippen molar-refractivity contribution in [3.63, 3.8) is 0 Å². The fourth-order valence-corrected chi connectivity index (χ4v) is 0.324. The summed E-state index contributed by atoms with van der Waals surface area (Å²) in [6, 6.07) is 0. The molecule has 1 unspecified atom stereocenters. The Balaban J connectivity index is 3.90. The van der Waals surface area contributed by atoms with Crippen LogP contribution in [0.5, 0.6) is 0 Å². The molecule has 4 N–H and O–H groups in total. The zero-order valence-electron chi connectivity index (χ0n) is 6.81. The third-order valence-corrected chi connectivity index (χ3v) is 0.865. The number of rotatable bonds is 4. The third kappa shape index (κ3) is 3.42. The molecule has 0 aliphatic rings. The molecule has 0 aliphatic heterocycles. The molecule has 4 nitrogen and oxygen atoms in total. The molecule has 0 heterocycles. The molecule has 0 aliphatic carbocycles. The Morgan fingerprint density at radius 1 is 1.22 bits per heavy atom. The molecule has 0 amide bonds. The molecule has 0 bridgehead atoms. The van der Waals surface area contributed by atoms with Crippen LogP contribution >= 0.6 is 0 Å². The summed E-state index contributed by atoms with van der Waals surface area (Å²) in [6.45, 7) is -2.46. The second-order valence-electron chi connectivity index (χ2n) is 1.58. The van der Waals surface area contributed by atoms with E-state index >= 15 is 0 Å². The monoisotopic (exact) mass is 138 g/mol. The van der Waals surface area contributed by atoms with E-state index in [0.29, 0.717) is 0 Å². The van der Waals surface area contributed by atoms with Gasteiger partial charge in [-0.2, -0.15) is 0 Å². The minimum Gasteiger partial charge on any atom is -0.396 e. The van der Waals surface area contributed by atoms with E-state index in [2.05, 4.69) is 0 Å². The topological polar surface area (TPSA) is 80.9 Å². The first-order valence-electron chi connectivity index (χ1n) is 3.65. The zero-order valence-corrected chi connectivity index (χ0v) is 4.81. The fourth-order valence-electron chi connectivity index (χ4n) is 0.324. The predicted octanol–water partition coefficient (Wildman–Crippen LogP) is -1.92. The highest BCUT2D eigenvalue weighted by Crippen LogP contribution is 1.95. The predicted molar refractivity (Wildman–Crippen MR) is 30.8 cm³/mol. The molecule has 0 saturated carbocycles. The highest BCUT2D eigenvalue weighted by Gasteiger charge is 2.13. The van der Waals surface area contributed by atoms with Crippen molar-refractivity contribution in [2.24, 2.45) is 0 Å². The maximum atomic E-state index is 8.88. The standard InChI is InChI=1S/C5H12O4/c6-2-1-4(8)5(9)3-7/h4-9H,1-3H2/t4-,5+/m0/s1/i1D,2D/t1-,2?,4-,5+. The van der Waals surface area contributed by atoms with Gasteiger partial charge in [0.15, 0.2) is 0 Å². The van der Waals surface area contributed by atoms with Crippen molar-refractivity contribution in [2.75, 3.05) is 13.2 Å². The average molecular weight is 138 g/mol. The van der Waals surface area contributed by atoms with Crippen LogP contribution in [0.2, 0.25) is 0 Å². The van der Waals surface area contributed by atoms with Gasteiger partial charge in [0, 0.05) is 7.95 Å². The van der Waals surface area contributed by atoms with Crippen LogP contribution in [0.25, 0.3) is 0 Å². The normalized spacial score (nSPS) is 27.6. The van der Waals surface area contributed by atoms with E-state index in [1.807, 2.05) is 0 Å². The maximum absolute atomic E-state index is 8.88. The lowest BCUT2D eigenvalue weighted by molar-refractivity contribution is -0.0238. The van der Waals surface area contributed by atoms with Crippen LogP contribution in [-0.2, 0) is 0 Å². The van der Waals surface area contributed by atoms with Crippen LogP contribution in [0, 0.1) is 0 Å². The van der Waals surface area contributed by atoms with E-state index in [-0.39, 0.29) is 0 Å². The van der Waals surface area contributed by atoms with Crippen LogP contribution in [0.4, 0.5) is 0 Å². The van der Waals surface area contributed by atoms with Gasteiger partial charge in [-0.05, 0) is 6.40 Å². The Kier molecular flexibility index (Phi) is 2.93. The second-order valence-corrected chi connectivity index (χ2v) is 1.58. The molecule has 4 atom stereocenters. The zero-order chi connectivity index (χ0) is 9.02. The van der Waals surface area contributed by atoms with Crippen molar-refractivity contribution in [3.8, 4) is 0 Å². The first-order chi connectivity index (χ1) is 5.00. The Hall–Kier alpha value is -0.160. The number of hydrogen-bond donors (Lipinski definition) is 4. The van der Waals surface area contributed by atoms with Crippen molar-refractivity contribution >= 4 is 0 Å². The van der Waals surface area contributed by atoms with Crippen LogP contribution in [0.1, 0.15) is 9.14 Å². The summed E-state index contributed by atoms with van der Waals surface area (Å²) in [5.41, 5.74) is 0. The SMILES string of the molecule is [2H]C(O)[C@H]([2H])[C@H](O)[C@H](O)CO. The molecule has 0 aromatic rings. The minimum absolute atomic E-state index is 0.691. The van der Waals surface area contributed by atoms with E-state index in [1.165, 1.54) is 0 Å². The quantitative estimate of drug-likeness (QED) is 0.365. The van der Waals surface area contributed by atoms with Crippen molar-refractivity contribution in [3.05, 3.63) is 0 Å². The summed E-state index contributed by atoms with van der Waals surface area (Å²) in [7, 11) is 0. The molecule has 0 spiro atoms. The van der Waals surface area contributed by atoms with Crippen molar-refractivity contribution in [2.45, 2.75) is 18.6 Å². The van der Waals surface area contributed by atoms with Gasteiger partial charge in [-0.25, -0.2) is 0 Å². The Morgan fingerprint density at radius 2 is 1.78 bits per heavy atom. The van der Waals surface area contributed by atoms with Gasteiger partial charge in [0.2, 0.25) is 0 Å². The number of aliphatic hydroxyl groups is 4. The smallest absolute Gasteiger partial charge is 0.103 e. The molecule has 4 heteroatoms. The fraction of sp³-hybridized carbons (Fsp3) is 1.00. The van der Waals surface area contributed by atoms with E-state index in [1.54, 1.807) is 0 Å². The molecular weight excluding hydrogens is 124 g/mol. The molecule has 56 valence electrons. The van der Waals surface area contributed by atoms with E-state index < -0.39 is 31.8 Å². The number of hydrogen-bond acceptors (Lipinski definition) is 4. The molecule has 0 fully saturated rings. The Labute approximate surface area is 56.2 Å². The van der Waals surface area contributed by atoms with E-state index in [4.69, 9.17) is 23.2 Å².